The molecule has 6 heteroatoms. The molecule has 0 saturated carbocycles. The van der Waals surface area contributed by atoms with Crippen molar-refractivity contribution in [3.8, 4) is 0 Å². The van der Waals surface area contributed by atoms with Crippen LogP contribution < -0.4 is 0 Å². The number of carbonyl (C=O) groups is 1. The zero-order chi connectivity index (χ0) is 13.5. The average Bonchev–Trinajstić information content (AvgIpc) is 2.29. The Kier molecular flexibility index (Phi) is 5.26. The number of hydrogen-bond acceptors (Lipinski definition) is 5. The number of nitro benzene ring substituents is 1. The zero-order valence-electron chi connectivity index (χ0n) is 10.5. The molecule has 6 nitrogen and oxygen atoms in total. The summed E-state index contributed by atoms with van der Waals surface area (Å²) in [5.74, 6) is -0.335. The number of esters is 1. The first-order valence-corrected chi connectivity index (χ1v) is 5.61. The molecule has 0 aliphatic rings. The summed E-state index contributed by atoms with van der Waals surface area (Å²) in [5, 5.41) is 10.8. The smallest absolute Gasteiger partial charge is 0.320 e. The predicted octanol–water partition coefficient (Wildman–Crippen LogP) is 1.59. The quantitative estimate of drug-likeness (QED) is 0.436. The molecule has 0 heterocycles. The van der Waals surface area contributed by atoms with Crippen molar-refractivity contribution in [1.29, 1.82) is 0 Å². The summed E-state index contributed by atoms with van der Waals surface area (Å²) < 4.78 is 4.81. The van der Waals surface area contributed by atoms with Crippen molar-refractivity contribution < 1.29 is 14.5 Å². The number of nitrogens with zero attached hydrogens (tertiary/aromatic N) is 2. The highest BCUT2D eigenvalue weighted by Crippen LogP contribution is 2.18. The molecule has 0 aliphatic carbocycles. The lowest BCUT2D eigenvalue weighted by atomic mass is 10.1. The second kappa shape index (κ2) is 6.70. The van der Waals surface area contributed by atoms with Crippen LogP contribution in [0.5, 0.6) is 0 Å². The zero-order valence-corrected chi connectivity index (χ0v) is 10.5. The van der Waals surface area contributed by atoms with E-state index in [0.29, 0.717) is 18.7 Å². The van der Waals surface area contributed by atoms with Crippen LogP contribution in [0, 0.1) is 10.1 Å². The SMILES string of the molecule is CCOC(=O)CN(C)Cc1ccccc1[N+](=O)[O-]. The van der Waals surface area contributed by atoms with E-state index in [0.717, 1.165) is 0 Å². The van der Waals surface area contributed by atoms with Crippen LogP contribution in [-0.2, 0) is 16.1 Å². The van der Waals surface area contributed by atoms with Gasteiger partial charge in [0.05, 0.1) is 18.1 Å². The summed E-state index contributed by atoms with van der Waals surface area (Å²) in [6.45, 7) is 2.51. The fourth-order valence-electron chi connectivity index (χ4n) is 1.60. The number of nitro groups is 1. The maximum Gasteiger partial charge on any atom is 0.320 e. The third-order valence-corrected chi connectivity index (χ3v) is 2.33. The Morgan fingerprint density at radius 3 is 2.72 bits per heavy atom. The van der Waals surface area contributed by atoms with Crippen molar-refractivity contribution in [1.82, 2.24) is 4.90 Å². The number of rotatable bonds is 6. The minimum Gasteiger partial charge on any atom is -0.465 e. The highest BCUT2D eigenvalue weighted by Gasteiger charge is 2.15. The second-order valence-corrected chi connectivity index (χ2v) is 3.86. The average molecular weight is 252 g/mol. The van der Waals surface area contributed by atoms with Gasteiger partial charge in [0.1, 0.15) is 0 Å². The number of carbonyl (C=O) groups excluding carboxylic acids is 1. The van der Waals surface area contributed by atoms with Crippen LogP contribution in [0.15, 0.2) is 24.3 Å². The fourth-order valence-corrected chi connectivity index (χ4v) is 1.60. The summed E-state index contributed by atoms with van der Waals surface area (Å²) in [4.78, 5) is 23.3. The molecule has 0 atom stereocenters. The summed E-state index contributed by atoms with van der Waals surface area (Å²) in [5.41, 5.74) is 0.641. The van der Waals surface area contributed by atoms with Crippen LogP contribution in [-0.4, -0.2) is 36.0 Å². The summed E-state index contributed by atoms with van der Waals surface area (Å²) in [7, 11) is 1.72. The van der Waals surface area contributed by atoms with Crippen LogP contribution in [0.1, 0.15) is 12.5 Å². The highest BCUT2D eigenvalue weighted by molar-refractivity contribution is 5.71. The molecule has 98 valence electrons. The van der Waals surface area contributed by atoms with Gasteiger partial charge in [-0.1, -0.05) is 18.2 Å². The van der Waals surface area contributed by atoms with E-state index >= 15 is 0 Å². The summed E-state index contributed by atoms with van der Waals surface area (Å²) >= 11 is 0. The number of hydrogen-bond donors (Lipinski definition) is 0. The van der Waals surface area contributed by atoms with Crippen molar-refractivity contribution >= 4 is 11.7 Å². The Balaban J connectivity index is 2.67. The van der Waals surface area contributed by atoms with Gasteiger partial charge in [-0.3, -0.25) is 19.8 Å². The Morgan fingerprint density at radius 1 is 1.44 bits per heavy atom. The summed E-state index contributed by atoms with van der Waals surface area (Å²) in [6.07, 6.45) is 0. The van der Waals surface area contributed by atoms with Gasteiger partial charge in [0.25, 0.3) is 5.69 Å². The molecule has 0 radical (unpaired) electrons. The molecule has 0 N–H and O–H groups in total. The predicted molar refractivity (Wildman–Crippen MR) is 66.1 cm³/mol. The lowest BCUT2D eigenvalue weighted by Gasteiger charge is -2.15. The van der Waals surface area contributed by atoms with Gasteiger partial charge in [0.2, 0.25) is 0 Å². The van der Waals surface area contributed by atoms with Crippen molar-refractivity contribution in [2.45, 2.75) is 13.5 Å². The number of para-hydroxylation sites is 1. The molecule has 18 heavy (non-hydrogen) atoms. The molecule has 1 aromatic carbocycles. The van der Waals surface area contributed by atoms with Gasteiger partial charge in [0.15, 0.2) is 0 Å². The third-order valence-electron chi connectivity index (χ3n) is 2.33. The first kappa shape index (κ1) is 14.1. The fraction of sp³-hybridized carbons (Fsp3) is 0.417. The van der Waals surface area contributed by atoms with Crippen molar-refractivity contribution in [2.24, 2.45) is 0 Å². The van der Waals surface area contributed by atoms with E-state index in [1.54, 1.807) is 37.1 Å². The van der Waals surface area contributed by atoms with Gasteiger partial charge in [-0.15, -0.1) is 0 Å². The summed E-state index contributed by atoms with van der Waals surface area (Å²) in [6, 6.07) is 6.49. The van der Waals surface area contributed by atoms with E-state index in [1.165, 1.54) is 6.07 Å². The number of benzene rings is 1. The lowest BCUT2D eigenvalue weighted by molar-refractivity contribution is -0.385. The second-order valence-electron chi connectivity index (χ2n) is 3.86. The third kappa shape index (κ3) is 4.14. The normalized spacial score (nSPS) is 10.4. The van der Waals surface area contributed by atoms with Gasteiger partial charge in [-0.25, -0.2) is 0 Å². The van der Waals surface area contributed by atoms with E-state index in [-0.39, 0.29) is 18.2 Å². The molecule has 1 aromatic rings. The molecule has 1 rings (SSSR count). The van der Waals surface area contributed by atoms with E-state index in [1.807, 2.05) is 0 Å². The van der Waals surface area contributed by atoms with Gasteiger partial charge in [0, 0.05) is 18.2 Å². The largest absolute Gasteiger partial charge is 0.465 e. The van der Waals surface area contributed by atoms with Crippen LogP contribution >= 0.6 is 0 Å². The van der Waals surface area contributed by atoms with Crippen molar-refractivity contribution in [2.75, 3.05) is 20.2 Å². The van der Waals surface area contributed by atoms with Gasteiger partial charge in [-0.05, 0) is 14.0 Å². The molecule has 0 aromatic heterocycles. The Labute approximate surface area is 105 Å². The van der Waals surface area contributed by atoms with Crippen molar-refractivity contribution in [3.05, 3.63) is 39.9 Å². The first-order valence-electron chi connectivity index (χ1n) is 5.61. The number of ether oxygens (including phenoxy) is 1. The van der Waals surface area contributed by atoms with Crippen LogP contribution in [0.3, 0.4) is 0 Å². The molecule has 0 amide bonds. The monoisotopic (exact) mass is 252 g/mol. The van der Waals surface area contributed by atoms with Crippen LogP contribution in [0.25, 0.3) is 0 Å². The first-order chi connectivity index (χ1) is 8.54. The van der Waals surface area contributed by atoms with Gasteiger partial charge >= 0.3 is 5.97 Å². The maximum absolute atomic E-state index is 11.3. The van der Waals surface area contributed by atoms with Crippen LogP contribution in [0.2, 0.25) is 0 Å². The standard InChI is InChI=1S/C12H16N2O4/c1-3-18-12(15)9-13(2)8-10-6-4-5-7-11(10)14(16)17/h4-7H,3,8-9H2,1-2H3. The molecular weight excluding hydrogens is 236 g/mol. The molecule has 0 spiro atoms. The Morgan fingerprint density at radius 2 is 2.11 bits per heavy atom. The topological polar surface area (TPSA) is 72.7 Å². The van der Waals surface area contributed by atoms with Gasteiger partial charge < -0.3 is 4.74 Å². The number of likely N-dealkylation sites (N-methyl/N-ethyl adjacent to an activating group) is 1. The molecule has 0 aliphatic heterocycles. The minimum atomic E-state index is -0.423. The van der Waals surface area contributed by atoms with E-state index in [4.69, 9.17) is 4.74 Å². The molecular formula is C12H16N2O4. The highest BCUT2D eigenvalue weighted by atomic mass is 16.6. The lowest BCUT2D eigenvalue weighted by Crippen LogP contribution is -2.27. The minimum absolute atomic E-state index is 0.0632. The molecule has 0 bridgehead atoms. The molecule has 0 unspecified atom stereocenters. The Bertz CT molecular complexity index is 434. The van der Waals surface area contributed by atoms with Gasteiger partial charge in [-0.2, -0.15) is 0 Å². The van der Waals surface area contributed by atoms with E-state index in [2.05, 4.69) is 0 Å². The van der Waals surface area contributed by atoms with E-state index < -0.39 is 4.92 Å². The van der Waals surface area contributed by atoms with E-state index in [9.17, 15) is 14.9 Å². The van der Waals surface area contributed by atoms with Crippen molar-refractivity contribution in [3.63, 3.8) is 0 Å². The molecule has 0 fully saturated rings. The maximum atomic E-state index is 11.3. The van der Waals surface area contributed by atoms with Crippen LogP contribution in [0.4, 0.5) is 5.69 Å². The molecule has 0 saturated heterocycles. The Hall–Kier alpha value is -1.95.